The maximum atomic E-state index is 13.2. The summed E-state index contributed by atoms with van der Waals surface area (Å²) in [6, 6.07) is 11.0. The molecule has 0 aromatic heterocycles. The van der Waals surface area contributed by atoms with E-state index in [9.17, 15) is 13.2 Å². The normalized spacial score (nSPS) is 11.0. The molecule has 148 valence electrons. The van der Waals surface area contributed by atoms with Crippen molar-refractivity contribution in [2.75, 3.05) is 14.2 Å². The second-order valence-corrected chi connectivity index (χ2v) is 5.27. The summed E-state index contributed by atoms with van der Waals surface area (Å²) in [5.74, 6) is 0.366. The number of methoxy groups -OCH3 is 1. The number of rotatable bonds is 7. The maximum Gasteiger partial charge on any atom is 0.387 e. The van der Waals surface area contributed by atoms with Crippen LogP contribution < -0.4 is 20.1 Å². The van der Waals surface area contributed by atoms with E-state index in [1.165, 1.54) is 25.3 Å². The standard InChI is InChI=1S/C18H20F3N3O2.HI/c1-22-18(23-10-12-4-3-5-14(19)8-12)24-11-13-6-7-15(25-2)16(9-13)26-17(20)21;/h3-9,17H,10-11H2,1-2H3,(H2,22,23,24);1H. The van der Waals surface area contributed by atoms with E-state index in [2.05, 4.69) is 20.4 Å². The lowest BCUT2D eigenvalue weighted by Crippen LogP contribution is -2.36. The molecule has 27 heavy (non-hydrogen) atoms. The largest absolute Gasteiger partial charge is 0.493 e. The monoisotopic (exact) mass is 495 g/mol. The zero-order chi connectivity index (χ0) is 18.9. The molecule has 9 heteroatoms. The first-order valence-corrected chi connectivity index (χ1v) is 7.82. The van der Waals surface area contributed by atoms with E-state index in [1.54, 1.807) is 31.3 Å². The number of benzene rings is 2. The van der Waals surface area contributed by atoms with Crippen molar-refractivity contribution in [2.45, 2.75) is 19.7 Å². The number of ether oxygens (including phenoxy) is 2. The van der Waals surface area contributed by atoms with Crippen LogP contribution in [0.2, 0.25) is 0 Å². The Morgan fingerprint density at radius 2 is 1.70 bits per heavy atom. The molecular weight excluding hydrogens is 474 g/mol. The number of alkyl halides is 2. The zero-order valence-corrected chi connectivity index (χ0v) is 17.2. The van der Waals surface area contributed by atoms with Crippen LogP contribution in [-0.4, -0.2) is 26.7 Å². The fourth-order valence-electron chi connectivity index (χ4n) is 2.26. The van der Waals surface area contributed by atoms with Gasteiger partial charge in [-0.2, -0.15) is 8.78 Å². The van der Waals surface area contributed by atoms with Gasteiger partial charge in [0.15, 0.2) is 17.5 Å². The minimum Gasteiger partial charge on any atom is -0.493 e. The van der Waals surface area contributed by atoms with E-state index in [4.69, 9.17) is 4.74 Å². The third-order valence-corrected chi connectivity index (χ3v) is 3.48. The summed E-state index contributed by atoms with van der Waals surface area (Å²) >= 11 is 0. The average molecular weight is 495 g/mol. The zero-order valence-electron chi connectivity index (χ0n) is 14.8. The molecule has 2 aromatic rings. The smallest absolute Gasteiger partial charge is 0.387 e. The van der Waals surface area contributed by atoms with Gasteiger partial charge in [0.1, 0.15) is 5.82 Å². The van der Waals surface area contributed by atoms with Gasteiger partial charge >= 0.3 is 6.61 Å². The minimum absolute atomic E-state index is 0. The molecule has 0 bridgehead atoms. The molecule has 0 amide bonds. The Kier molecular flexibility index (Phi) is 9.76. The highest BCUT2D eigenvalue weighted by molar-refractivity contribution is 14.0. The summed E-state index contributed by atoms with van der Waals surface area (Å²) in [6.45, 7) is -2.22. The third kappa shape index (κ3) is 7.53. The van der Waals surface area contributed by atoms with Gasteiger partial charge in [-0.3, -0.25) is 4.99 Å². The number of hydrogen-bond acceptors (Lipinski definition) is 3. The second-order valence-electron chi connectivity index (χ2n) is 5.27. The summed E-state index contributed by atoms with van der Waals surface area (Å²) in [7, 11) is 2.98. The van der Waals surface area contributed by atoms with E-state index in [0.29, 0.717) is 24.6 Å². The molecular formula is C18H21F3IN3O2. The predicted octanol–water partition coefficient (Wildman–Crippen LogP) is 3.92. The first kappa shape index (κ1) is 22.9. The first-order chi connectivity index (χ1) is 12.5. The van der Waals surface area contributed by atoms with Gasteiger partial charge in [-0.25, -0.2) is 4.39 Å². The van der Waals surface area contributed by atoms with Crippen molar-refractivity contribution in [3.63, 3.8) is 0 Å². The number of aliphatic imine (C=N–C) groups is 1. The highest BCUT2D eigenvalue weighted by Crippen LogP contribution is 2.29. The molecule has 2 aromatic carbocycles. The molecule has 0 heterocycles. The molecule has 2 rings (SSSR count). The fraction of sp³-hybridized carbons (Fsp3) is 0.278. The second kappa shape index (κ2) is 11.5. The third-order valence-electron chi connectivity index (χ3n) is 3.48. The fourth-order valence-corrected chi connectivity index (χ4v) is 2.26. The van der Waals surface area contributed by atoms with Crippen molar-refractivity contribution in [1.29, 1.82) is 0 Å². The lowest BCUT2D eigenvalue weighted by atomic mass is 10.2. The van der Waals surface area contributed by atoms with Crippen molar-refractivity contribution < 1.29 is 22.6 Å². The Morgan fingerprint density at radius 1 is 1.04 bits per heavy atom. The molecule has 0 aliphatic heterocycles. The number of halogens is 4. The molecule has 0 saturated carbocycles. The van der Waals surface area contributed by atoms with Gasteiger partial charge in [0, 0.05) is 20.1 Å². The van der Waals surface area contributed by atoms with Crippen LogP contribution in [0, 0.1) is 5.82 Å². The summed E-state index contributed by atoms with van der Waals surface area (Å²) in [4.78, 5) is 4.07. The average Bonchev–Trinajstić information content (AvgIpc) is 2.61. The Morgan fingerprint density at radius 3 is 2.26 bits per heavy atom. The number of nitrogens with zero attached hydrogens (tertiary/aromatic N) is 1. The molecule has 0 fully saturated rings. The number of guanidine groups is 1. The van der Waals surface area contributed by atoms with Crippen LogP contribution in [0.1, 0.15) is 11.1 Å². The van der Waals surface area contributed by atoms with Crippen LogP contribution in [0.25, 0.3) is 0 Å². The number of nitrogens with one attached hydrogen (secondary N) is 2. The summed E-state index contributed by atoms with van der Waals surface area (Å²) in [5, 5.41) is 6.10. The molecule has 0 radical (unpaired) electrons. The highest BCUT2D eigenvalue weighted by Gasteiger charge is 2.11. The summed E-state index contributed by atoms with van der Waals surface area (Å²) in [6.07, 6.45) is 0. The van der Waals surface area contributed by atoms with Gasteiger partial charge in [0.2, 0.25) is 0 Å². The van der Waals surface area contributed by atoms with Crippen LogP contribution >= 0.6 is 24.0 Å². The van der Waals surface area contributed by atoms with Gasteiger partial charge in [0.25, 0.3) is 0 Å². The van der Waals surface area contributed by atoms with Gasteiger partial charge < -0.3 is 20.1 Å². The van der Waals surface area contributed by atoms with Crippen LogP contribution in [0.4, 0.5) is 13.2 Å². The lowest BCUT2D eigenvalue weighted by Gasteiger charge is -2.14. The highest BCUT2D eigenvalue weighted by atomic mass is 127. The SMILES string of the molecule is CN=C(NCc1cccc(F)c1)NCc1ccc(OC)c(OC(F)F)c1.I. The quantitative estimate of drug-likeness (QED) is 0.348. The van der Waals surface area contributed by atoms with Crippen molar-refractivity contribution in [1.82, 2.24) is 10.6 Å². The van der Waals surface area contributed by atoms with Crippen molar-refractivity contribution in [3.8, 4) is 11.5 Å². The predicted molar refractivity (Wildman–Crippen MR) is 108 cm³/mol. The van der Waals surface area contributed by atoms with E-state index in [0.717, 1.165) is 5.56 Å². The van der Waals surface area contributed by atoms with Crippen molar-refractivity contribution in [2.24, 2.45) is 4.99 Å². The van der Waals surface area contributed by atoms with E-state index < -0.39 is 6.61 Å². The Hall–Kier alpha value is -2.17. The Bertz CT molecular complexity index is 760. The van der Waals surface area contributed by atoms with E-state index in [1.807, 2.05) is 0 Å². The molecule has 0 saturated heterocycles. The molecule has 0 aliphatic rings. The van der Waals surface area contributed by atoms with Gasteiger partial charge in [-0.15, -0.1) is 24.0 Å². The summed E-state index contributed by atoms with van der Waals surface area (Å²) in [5.41, 5.74) is 1.47. The Labute approximate surface area is 173 Å². The van der Waals surface area contributed by atoms with E-state index in [-0.39, 0.29) is 41.3 Å². The van der Waals surface area contributed by atoms with Crippen LogP contribution in [0.15, 0.2) is 47.5 Å². The summed E-state index contributed by atoms with van der Waals surface area (Å²) < 4.78 is 47.6. The topological polar surface area (TPSA) is 54.9 Å². The minimum atomic E-state index is -2.94. The molecule has 0 spiro atoms. The number of hydrogen-bond donors (Lipinski definition) is 2. The molecule has 5 nitrogen and oxygen atoms in total. The van der Waals surface area contributed by atoms with Gasteiger partial charge in [-0.1, -0.05) is 18.2 Å². The Balaban J connectivity index is 0.00000364. The van der Waals surface area contributed by atoms with Crippen LogP contribution in [0.5, 0.6) is 11.5 Å². The van der Waals surface area contributed by atoms with E-state index >= 15 is 0 Å². The van der Waals surface area contributed by atoms with Gasteiger partial charge in [-0.05, 0) is 35.4 Å². The van der Waals surface area contributed by atoms with Crippen molar-refractivity contribution in [3.05, 3.63) is 59.4 Å². The molecule has 2 N–H and O–H groups in total. The van der Waals surface area contributed by atoms with Crippen LogP contribution in [0.3, 0.4) is 0 Å². The maximum absolute atomic E-state index is 13.2. The lowest BCUT2D eigenvalue weighted by molar-refractivity contribution is -0.0512. The molecule has 0 atom stereocenters. The van der Waals surface area contributed by atoms with Crippen LogP contribution in [-0.2, 0) is 13.1 Å². The molecule has 0 unspecified atom stereocenters. The van der Waals surface area contributed by atoms with Crippen molar-refractivity contribution >= 4 is 29.9 Å². The van der Waals surface area contributed by atoms with Gasteiger partial charge in [0.05, 0.1) is 7.11 Å². The molecule has 0 aliphatic carbocycles. The first-order valence-electron chi connectivity index (χ1n) is 7.82.